The molecule has 9 nitrogen and oxygen atoms in total. The number of hydrogen-bond donors (Lipinski definition) is 4. The van der Waals surface area contributed by atoms with Crippen molar-refractivity contribution in [3.05, 3.63) is 59.7 Å². The van der Waals surface area contributed by atoms with E-state index in [9.17, 15) is 19.5 Å². The van der Waals surface area contributed by atoms with Crippen LogP contribution in [-0.2, 0) is 19.1 Å². The number of nitrogens with one attached hydrogen (secondary N) is 2. The Morgan fingerprint density at radius 2 is 1.64 bits per heavy atom. The highest BCUT2D eigenvalue weighted by Gasteiger charge is 2.36. The number of benzene rings is 2. The molecule has 0 heterocycles. The molecule has 0 radical (unpaired) electrons. The van der Waals surface area contributed by atoms with Crippen molar-refractivity contribution in [3.8, 4) is 11.1 Å². The smallest absolute Gasteiger partial charge is 0.408 e. The average molecular weight is 456 g/mol. The van der Waals surface area contributed by atoms with Crippen molar-refractivity contribution < 1.29 is 34.1 Å². The van der Waals surface area contributed by atoms with Gasteiger partial charge in [0, 0.05) is 26.0 Å². The van der Waals surface area contributed by atoms with Crippen LogP contribution in [0.15, 0.2) is 48.5 Å². The maximum atomic E-state index is 12.6. The van der Waals surface area contributed by atoms with Gasteiger partial charge in [-0.3, -0.25) is 4.79 Å². The Kier molecular flexibility index (Phi) is 7.67. The van der Waals surface area contributed by atoms with E-state index in [-0.39, 0.29) is 32.1 Å². The predicted octanol–water partition coefficient (Wildman–Crippen LogP) is 1.88. The molecule has 4 N–H and O–H groups in total. The van der Waals surface area contributed by atoms with Crippen LogP contribution < -0.4 is 10.6 Å². The summed E-state index contributed by atoms with van der Waals surface area (Å²) in [5.74, 6) is -2.08. The van der Waals surface area contributed by atoms with Gasteiger partial charge in [0.25, 0.3) is 0 Å². The number of fused-ring (bicyclic) bond motifs is 3. The first kappa shape index (κ1) is 24.2. The van der Waals surface area contributed by atoms with Gasteiger partial charge >= 0.3 is 12.1 Å². The molecule has 0 aliphatic heterocycles. The molecule has 1 aliphatic rings. The van der Waals surface area contributed by atoms with Gasteiger partial charge in [0.05, 0.1) is 6.61 Å². The summed E-state index contributed by atoms with van der Waals surface area (Å²) in [6.07, 6.45) is -2.54. The van der Waals surface area contributed by atoms with Crippen LogP contribution in [0.3, 0.4) is 0 Å². The Morgan fingerprint density at radius 3 is 2.18 bits per heavy atom. The molecule has 0 saturated heterocycles. The van der Waals surface area contributed by atoms with Gasteiger partial charge in [-0.25, -0.2) is 9.59 Å². The van der Waals surface area contributed by atoms with Crippen molar-refractivity contribution in [2.45, 2.75) is 30.9 Å². The van der Waals surface area contributed by atoms with Gasteiger partial charge in [-0.1, -0.05) is 48.5 Å². The molecule has 3 rings (SSSR count). The minimum absolute atomic E-state index is 0.0853. The summed E-state index contributed by atoms with van der Waals surface area (Å²) in [5.41, 5.74) is 2.90. The zero-order valence-corrected chi connectivity index (χ0v) is 18.5. The first-order valence-electron chi connectivity index (χ1n) is 10.6. The molecule has 33 heavy (non-hydrogen) atoms. The third-order valence-electron chi connectivity index (χ3n) is 5.64. The number of aliphatic hydroxyl groups is 1. The molecule has 2 aromatic rings. The fraction of sp³-hybridized carbons (Fsp3) is 0.375. The molecule has 1 aliphatic carbocycles. The summed E-state index contributed by atoms with van der Waals surface area (Å²) in [4.78, 5) is 35.9. The summed E-state index contributed by atoms with van der Waals surface area (Å²) in [7, 11) is 1.39. The van der Waals surface area contributed by atoms with E-state index in [2.05, 4.69) is 10.6 Å². The second kappa shape index (κ2) is 10.5. The first-order valence-corrected chi connectivity index (χ1v) is 10.6. The van der Waals surface area contributed by atoms with E-state index in [1.165, 1.54) is 14.0 Å². The molecular formula is C24H28N2O7. The number of rotatable bonds is 10. The van der Waals surface area contributed by atoms with E-state index in [1.54, 1.807) is 0 Å². The minimum atomic E-state index is -1.59. The molecule has 2 aromatic carbocycles. The van der Waals surface area contributed by atoms with E-state index in [4.69, 9.17) is 14.6 Å². The topological polar surface area (TPSA) is 134 Å². The maximum Gasteiger partial charge on any atom is 0.408 e. The number of carboxylic acid groups (broad SMARTS) is 1. The second-order valence-corrected chi connectivity index (χ2v) is 8.11. The number of alkyl carbamates (subject to hydrolysis) is 1. The average Bonchev–Trinajstić information content (AvgIpc) is 3.11. The Balaban J connectivity index is 1.62. The van der Waals surface area contributed by atoms with E-state index < -0.39 is 29.6 Å². The third kappa shape index (κ3) is 5.50. The molecule has 0 spiro atoms. The van der Waals surface area contributed by atoms with Crippen molar-refractivity contribution >= 4 is 18.0 Å². The van der Waals surface area contributed by atoms with Crippen LogP contribution in [0.4, 0.5) is 4.79 Å². The van der Waals surface area contributed by atoms with Crippen LogP contribution in [-0.4, -0.2) is 66.7 Å². The number of methoxy groups -OCH3 is 1. The van der Waals surface area contributed by atoms with Crippen LogP contribution in [0.5, 0.6) is 0 Å². The number of aliphatic hydroxyl groups excluding tert-OH is 1. The highest BCUT2D eigenvalue weighted by atomic mass is 16.5. The lowest BCUT2D eigenvalue weighted by Crippen LogP contribution is -2.60. The molecule has 9 heteroatoms. The molecule has 176 valence electrons. The van der Waals surface area contributed by atoms with Crippen molar-refractivity contribution in [2.75, 3.05) is 26.9 Å². The molecule has 2 amide bonds. The highest BCUT2D eigenvalue weighted by Crippen LogP contribution is 2.44. The monoisotopic (exact) mass is 456 g/mol. The summed E-state index contributed by atoms with van der Waals surface area (Å²) in [6, 6.07) is 15.9. The van der Waals surface area contributed by atoms with Crippen molar-refractivity contribution in [1.29, 1.82) is 0 Å². The minimum Gasteiger partial charge on any atom is -0.479 e. The number of hydrogen-bond acceptors (Lipinski definition) is 6. The summed E-state index contributed by atoms with van der Waals surface area (Å²) < 4.78 is 10.6. The Hall–Kier alpha value is -3.43. The molecule has 0 bridgehead atoms. The van der Waals surface area contributed by atoms with Crippen LogP contribution in [0.2, 0.25) is 0 Å². The van der Waals surface area contributed by atoms with Gasteiger partial charge in [0.1, 0.15) is 12.1 Å². The zero-order valence-electron chi connectivity index (χ0n) is 18.5. The van der Waals surface area contributed by atoms with Crippen LogP contribution in [0.25, 0.3) is 11.1 Å². The van der Waals surface area contributed by atoms with Gasteiger partial charge in [-0.2, -0.15) is 0 Å². The lowest BCUT2D eigenvalue weighted by molar-refractivity contribution is -0.147. The van der Waals surface area contributed by atoms with Gasteiger partial charge in [0.15, 0.2) is 6.10 Å². The summed E-state index contributed by atoms with van der Waals surface area (Å²) >= 11 is 0. The zero-order chi connectivity index (χ0) is 24.0. The quantitative estimate of drug-likeness (QED) is 0.429. The van der Waals surface area contributed by atoms with Crippen LogP contribution >= 0.6 is 0 Å². The van der Waals surface area contributed by atoms with E-state index in [1.807, 2.05) is 48.5 Å². The lowest BCUT2D eigenvalue weighted by Gasteiger charge is -2.28. The van der Waals surface area contributed by atoms with Gasteiger partial charge in [-0.05, 0) is 29.2 Å². The normalized spacial score (nSPS) is 15.0. The summed E-state index contributed by atoms with van der Waals surface area (Å²) in [5, 5.41) is 23.1. The first-order chi connectivity index (χ1) is 15.8. The molecule has 0 fully saturated rings. The van der Waals surface area contributed by atoms with E-state index >= 15 is 0 Å². The standard InChI is InChI=1S/C24H28N2O7/c1-24(14-32-2,22(30)25-12-11-20(27)21(28)29)26-23(31)33-13-19-17-9-5-3-7-15(17)16-8-4-6-10-18(16)19/h3-10,19-20,27H,11-14H2,1-2H3,(H,25,30)(H,26,31)(H,28,29). The second-order valence-electron chi connectivity index (χ2n) is 8.11. The Morgan fingerprint density at radius 1 is 1.06 bits per heavy atom. The number of ether oxygens (including phenoxy) is 2. The molecule has 2 unspecified atom stereocenters. The van der Waals surface area contributed by atoms with Crippen LogP contribution in [0.1, 0.15) is 30.4 Å². The SMILES string of the molecule is COCC(C)(NC(=O)OCC1c2ccccc2-c2ccccc21)C(=O)NCCC(O)C(=O)O. The number of carboxylic acids is 1. The fourth-order valence-corrected chi connectivity index (χ4v) is 3.95. The maximum absolute atomic E-state index is 12.6. The molecular weight excluding hydrogens is 428 g/mol. The lowest BCUT2D eigenvalue weighted by atomic mass is 9.98. The Labute approximate surface area is 191 Å². The fourth-order valence-electron chi connectivity index (χ4n) is 3.95. The van der Waals surface area contributed by atoms with Gasteiger partial charge < -0.3 is 30.3 Å². The van der Waals surface area contributed by atoms with Crippen molar-refractivity contribution in [3.63, 3.8) is 0 Å². The van der Waals surface area contributed by atoms with Crippen LogP contribution in [0, 0.1) is 0 Å². The van der Waals surface area contributed by atoms with Crippen molar-refractivity contribution in [1.82, 2.24) is 10.6 Å². The molecule has 0 aromatic heterocycles. The number of amides is 2. The highest BCUT2D eigenvalue weighted by molar-refractivity contribution is 5.90. The largest absolute Gasteiger partial charge is 0.479 e. The van der Waals surface area contributed by atoms with Gasteiger partial charge in [-0.15, -0.1) is 0 Å². The molecule has 2 atom stereocenters. The van der Waals surface area contributed by atoms with E-state index in [0.717, 1.165) is 22.3 Å². The Bertz CT molecular complexity index is 980. The van der Waals surface area contributed by atoms with Gasteiger partial charge in [0.2, 0.25) is 5.91 Å². The summed E-state index contributed by atoms with van der Waals surface area (Å²) in [6.45, 7) is 1.35. The number of carbonyl (C=O) groups excluding carboxylic acids is 2. The molecule has 0 saturated carbocycles. The number of carbonyl (C=O) groups is 3. The number of aliphatic carboxylic acids is 1. The third-order valence-corrected chi connectivity index (χ3v) is 5.64. The van der Waals surface area contributed by atoms with E-state index in [0.29, 0.717) is 0 Å². The predicted molar refractivity (Wildman–Crippen MR) is 120 cm³/mol. The van der Waals surface area contributed by atoms with Crippen molar-refractivity contribution in [2.24, 2.45) is 0 Å².